The second kappa shape index (κ2) is 10.2. The Kier molecular flexibility index (Phi) is 7.53. The van der Waals surface area contributed by atoms with E-state index in [4.69, 9.17) is 10.5 Å². The smallest absolute Gasteiger partial charge is 0.333 e. The lowest BCUT2D eigenvalue weighted by Gasteiger charge is -2.25. The van der Waals surface area contributed by atoms with E-state index in [0.717, 1.165) is 12.5 Å². The number of nitrogens with two attached hydrogens (primary N) is 1. The summed E-state index contributed by atoms with van der Waals surface area (Å²) in [6.07, 6.45) is 2.66. The van der Waals surface area contributed by atoms with Crippen molar-refractivity contribution in [3.05, 3.63) is 64.7 Å². The van der Waals surface area contributed by atoms with E-state index in [-0.39, 0.29) is 46.8 Å². The number of ether oxygens (including phenoxy) is 1. The van der Waals surface area contributed by atoms with Gasteiger partial charge in [-0.05, 0) is 32.3 Å². The van der Waals surface area contributed by atoms with Crippen LogP contribution in [0, 0.1) is 0 Å². The van der Waals surface area contributed by atoms with E-state index in [1.807, 2.05) is 0 Å². The predicted molar refractivity (Wildman–Crippen MR) is 125 cm³/mol. The van der Waals surface area contributed by atoms with Gasteiger partial charge in [0.25, 0.3) is 0 Å². The van der Waals surface area contributed by atoms with Gasteiger partial charge in [0.15, 0.2) is 11.6 Å². The van der Waals surface area contributed by atoms with E-state index >= 15 is 0 Å². The molecular formula is C24H25N2O7S-. The molecule has 9 nitrogen and oxygen atoms in total. The summed E-state index contributed by atoms with van der Waals surface area (Å²) in [5, 5.41) is 2.88. The highest BCUT2D eigenvalue weighted by molar-refractivity contribution is 7.86. The fraction of sp³-hybridized carbons (Fsp3) is 0.292. The van der Waals surface area contributed by atoms with Gasteiger partial charge in [-0.2, -0.15) is 0 Å². The van der Waals surface area contributed by atoms with Crippen molar-refractivity contribution in [2.45, 2.75) is 37.5 Å². The normalized spacial score (nSPS) is 12.6. The summed E-state index contributed by atoms with van der Waals surface area (Å²) in [7, 11) is -4.99. The SMILES string of the molecule is C=C(C)C(=O)OCCCCCCNc1c(S(=O)(=O)[O-])cc(N)c2c1C(=O)c1ccccc1C2=O. The van der Waals surface area contributed by atoms with E-state index < -0.39 is 32.5 Å². The molecule has 0 heterocycles. The molecule has 0 amide bonds. The molecule has 0 atom stereocenters. The van der Waals surface area contributed by atoms with Crippen molar-refractivity contribution in [3.8, 4) is 0 Å². The third kappa shape index (κ3) is 5.18. The number of anilines is 2. The number of esters is 1. The number of nitrogen functional groups attached to an aromatic ring is 1. The van der Waals surface area contributed by atoms with Crippen LogP contribution in [0.4, 0.5) is 11.4 Å². The molecule has 1 aliphatic rings. The van der Waals surface area contributed by atoms with Gasteiger partial charge in [-0.1, -0.05) is 37.3 Å². The van der Waals surface area contributed by atoms with Gasteiger partial charge >= 0.3 is 5.97 Å². The molecular weight excluding hydrogens is 460 g/mol. The Balaban J connectivity index is 1.78. The van der Waals surface area contributed by atoms with Crippen molar-refractivity contribution in [2.24, 2.45) is 0 Å². The molecule has 3 N–H and O–H groups in total. The number of ketones is 2. The molecule has 180 valence electrons. The first-order valence-electron chi connectivity index (χ1n) is 10.7. The Morgan fingerprint density at radius 1 is 1.06 bits per heavy atom. The van der Waals surface area contributed by atoms with Gasteiger partial charge in [0.05, 0.1) is 28.3 Å². The van der Waals surface area contributed by atoms with Crippen molar-refractivity contribution in [2.75, 3.05) is 24.2 Å². The minimum Gasteiger partial charge on any atom is -0.744 e. The lowest BCUT2D eigenvalue weighted by molar-refractivity contribution is -0.139. The first-order chi connectivity index (χ1) is 16.0. The fourth-order valence-corrected chi connectivity index (χ4v) is 4.45. The van der Waals surface area contributed by atoms with Crippen LogP contribution in [0.3, 0.4) is 0 Å². The second-order valence-corrected chi connectivity index (χ2v) is 9.35. The van der Waals surface area contributed by atoms with Gasteiger partial charge in [-0.15, -0.1) is 0 Å². The van der Waals surface area contributed by atoms with Crippen LogP contribution >= 0.6 is 0 Å². The van der Waals surface area contributed by atoms with Crippen LogP contribution in [-0.4, -0.2) is 43.7 Å². The Bertz CT molecular complexity index is 1280. The van der Waals surface area contributed by atoms with Crippen LogP contribution in [0.15, 0.2) is 47.4 Å². The monoisotopic (exact) mass is 485 g/mol. The van der Waals surface area contributed by atoms with Crippen molar-refractivity contribution in [1.82, 2.24) is 0 Å². The molecule has 0 fully saturated rings. The van der Waals surface area contributed by atoms with E-state index in [2.05, 4.69) is 11.9 Å². The average molecular weight is 486 g/mol. The zero-order valence-corrected chi connectivity index (χ0v) is 19.5. The first kappa shape index (κ1) is 25.1. The maximum atomic E-state index is 13.2. The second-order valence-electron chi connectivity index (χ2n) is 8.00. The van der Waals surface area contributed by atoms with Gasteiger partial charge in [0.2, 0.25) is 0 Å². The van der Waals surface area contributed by atoms with Crippen LogP contribution in [0.25, 0.3) is 0 Å². The molecule has 0 aliphatic heterocycles. The Hall–Kier alpha value is -3.50. The predicted octanol–water partition coefficient (Wildman–Crippen LogP) is 3.04. The zero-order chi connectivity index (χ0) is 25.0. The maximum Gasteiger partial charge on any atom is 0.333 e. The van der Waals surface area contributed by atoms with Gasteiger partial charge in [-0.25, -0.2) is 13.2 Å². The topological polar surface area (TPSA) is 156 Å². The lowest BCUT2D eigenvalue weighted by Crippen LogP contribution is -2.25. The summed E-state index contributed by atoms with van der Waals surface area (Å²) in [5.41, 5.74) is 5.78. The number of hydrogen-bond donors (Lipinski definition) is 2. The summed E-state index contributed by atoms with van der Waals surface area (Å²) in [5.74, 6) is -1.53. The summed E-state index contributed by atoms with van der Waals surface area (Å²) in [4.78, 5) is 36.9. The minimum absolute atomic E-state index is 0.113. The number of rotatable bonds is 10. The molecule has 3 rings (SSSR count). The molecule has 1 aliphatic carbocycles. The van der Waals surface area contributed by atoms with Crippen LogP contribution in [-0.2, 0) is 19.6 Å². The van der Waals surface area contributed by atoms with Gasteiger partial charge in [-0.3, -0.25) is 9.59 Å². The van der Waals surface area contributed by atoms with Gasteiger partial charge < -0.3 is 20.3 Å². The molecule has 0 aromatic heterocycles. The number of carbonyl (C=O) groups is 3. The van der Waals surface area contributed by atoms with Crippen molar-refractivity contribution >= 4 is 39.0 Å². The average Bonchev–Trinajstić information content (AvgIpc) is 2.78. The van der Waals surface area contributed by atoms with Gasteiger partial charge in [0.1, 0.15) is 10.1 Å². The Labute approximate surface area is 197 Å². The van der Waals surface area contributed by atoms with Crippen molar-refractivity contribution in [1.29, 1.82) is 0 Å². The number of benzene rings is 2. The molecule has 34 heavy (non-hydrogen) atoms. The Morgan fingerprint density at radius 3 is 2.24 bits per heavy atom. The summed E-state index contributed by atoms with van der Waals surface area (Å²) < 4.78 is 40.8. The zero-order valence-electron chi connectivity index (χ0n) is 18.7. The third-order valence-corrected chi connectivity index (χ3v) is 6.28. The quantitative estimate of drug-likeness (QED) is 0.145. The number of unbranched alkanes of at least 4 members (excludes halogenated alkanes) is 3. The molecule has 0 spiro atoms. The molecule has 0 radical (unpaired) electrons. The molecule has 0 bridgehead atoms. The molecule has 2 aromatic rings. The molecule has 0 saturated heterocycles. The van der Waals surface area contributed by atoms with Gasteiger partial charge in [0, 0.05) is 28.9 Å². The largest absolute Gasteiger partial charge is 0.744 e. The highest BCUT2D eigenvalue weighted by atomic mass is 32.2. The number of hydrogen-bond acceptors (Lipinski definition) is 9. The van der Waals surface area contributed by atoms with Crippen LogP contribution in [0.5, 0.6) is 0 Å². The van der Waals surface area contributed by atoms with E-state index in [1.54, 1.807) is 19.1 Å². The maximum absolute atomic E-state index is 13.2. The Morgan fingerprint density at radius 2 is 1.65 bits per heavy atom. The number of fused-ring (bicyclic) bond motifs is 2. The first-order valence-corrected chi connectivity index (χ1v) is 12.1. The fourth-order valence-electron chi connectivity index (χ4n) is 3.75. The summed E-state index contributed by atoms with van der Waals surface area (Å²) in [6, 6.07) is 7.10. The summed E-state index contributed by atoms with van der Waals surface area (Å²) in [6.45, 7) is 5.58. The third-order valence-electron chi connectivity index (χ3n) is 5.42. The van der Waals surface area contributed by atoms with E-state index in [1.165, 1.54) is 12.1 Å². The van der Waals surface area contributed by atoms with E-state index in [9.17, 15) is 27.4 Å². The van der Waals surface area contributed by atoms with Crippen molar-refractivity contribution in [3.63, 3.8) is 0 Å². The number of nitrogens with one attached hydrogen (secondary N) is 1. The minimum atomic E-state index is -4.99. The van der Waals surface area contributed by atoms with Crippen LogP contribution in [0.2, 0.25) is 0 Å². The van der Waals surface area contributed by atoms with E-state index in [0.29, 0.717) is 24.8 Å². The highest BCUT2D eigenvalue weighted by Gasteiger charge is 2.35. The molecule has 10 heteroatoms. The lowest BCUT2D eigenvalue weighted by atomic mass is 9.82. The van der Waals surface area contributed by atoms with Crippen LogP contribution in [0.1, 0.15) is 64.4 Å². The molecule has 0 saturated carbocycles. The standard InChI is InChI=1S/C24H26N2O7S/c1-14(2)24(29)33-12-8-4-3-7-11-26-21-18(34(30,31)32)13-17(25)19-20(21)23(28)16-10-6-5-9-15(16)22(19)27/h5-6,9-10,13,26H,1,3-4,7-8,11-12,25H2,2H3,(H,30,31,32)/p-1. The van der Waals surface area contributed by atoms with Crippen molar-refractivity contribution < 1.29 is 32.1 Å². The highest BCUT2D eigenvalue weighted by Crippen LogP contribution is 2.39. The summed E-state index contributed by atoms with van der Waals surface area (Å²) >= 11 is 0. The molecule has 2 aromatic carbocycles. The number of carbonyl (C=O) groups excluding carboxylic acids is 3. The molecule has 0 unspecified atom stereocenters. The van der Waals surface area contributed by atoms with Crippen LogP contribution < -0.4 is 11.1 Å².